The number of benzene rings is 1. The molecule has 0 radical (unpaired) electrons. The monoisotopic (exact) mass is 734 g/mol. The van der Waals surface area contributed by atoms with Crippen LogP contribution in [0.4, 0.5) is 0 Å². The Balaban J connectivity index is 0.00000800. The molecule has 3 rings (SSSR count). The van der Waals surface area contributed by atoms with Gasteiger partial charge in [-0.1, -0.05) is 17.2 Å². The van der Waals surface area contributed by atoms with E-state index in [4.69, 9.17) is 34.3 Å². The number of nitrogens with one attached hydrogen (secondary N) is 1. The number of esters is 1. The molecule has 19 heteroatoms. The Hall–Kier alpha value is -3.01. The van der Waals surface area contributed by atoms with Crippen LogP contribution >= 0.6 is 20.2 Å². The van der Waals surface area contributed by atoms with E-state index < -0.39 is 77.2 Å². The first-order valence-corrected chi connectivity index (χ1v) is 17.6. The van der Waals surface area contributed by atoms with Gasteiger partial charge in [-0.25, -0.2) is 9.36 Å². The van der Waals surface area contributed by atoms with Crippen molar-refractivity contribution in [3.05, 3.63) is 72.9 Å². The first kappa shape index (κ1) is 41.2. The second kappa shape index (κ2) is 17.1. The van der Waals surface area contributed by atoms with Gasteiger partial charge >= 0.3 is 19.5 Å². The van der Waals surface area contributed by atoms with E-state index in [9.17, 15) is 23.2 Å². The molecule has 0 aliphatic carbocycles. The molecule has 1 aromatic heterocycles. The molecule has 0 saturated carbocycles. The summed E-state index contributed by atoms with van der Waals surface area (Å²) < 4.78 is 55.3. The first-order valence-electron chi connectivity index (χ1n) is 14.9. The van der Waals surface area contributed by atoms with Gasteiger partial charge in [0, 0.05) is 44.4 Å². The fourth-order valence-corrected chi connectivity index (χ4v) is 6.51. The number of rotatable bonds is 14. The lowest BCUT2D eigenvalue weighted by atomic mass is 10.1. The van der Waals surface area contributed by atoms with Crippen LogP contribution in [0.1, 0.15) is 65.3 Å². The molecule has 1 saturated heterocycles. The largest absolute Gasteiger partial charge is 0.530 e. The lowest BCUT2D eigenvalue weighted by Gasteiger charge is -2.23. The molecule has 6 atom stereocenters. The van der Waals surface area contributed by atoms with Crippen molar-refractivity contribution in [3.63, 3.8) is 0 Å². The summed E-state index contributed by atoms with van der Waals surface area (Å²) in [6, 6.07) is 4.52. The Bertz CT molecular complexity index is 1650. The van der Waals surface area contributed by atoms with Gasteiger partial charge in [-0.3, -0.25) is 32.4 Å². The number of H-pyrrole nitrogens is 1. The number of nitrogens with zero attached hydrogens (tertiary/aromatic N) is 4. The van der Waals surface area contributed by atoms with Crippen molar-refractivity contribution in [2.24, 2.45) is 10.8 Å². The van der Waals surface area contributed by atoms with Crippen LogP contribution in [0, 0.1) is 6.92 Å². The zero-order valence-corrected chi connectivity index (χ0v) is 30.5. The highest BCUT2D eigenvalue weighted by atomic mass is 35.5. The van der Waals surface area contributed by atoms with Gasteiger partial charge in [0.25, 0.3) is 5.56 Å². The van der Waals surface area contributed by atoms with E-state index >= 15 is 0 Å². The third-order valence-corrected chi connectivity index (χ3v) is 10.1. The van der Waals surface area contributed by atoms with E-state index in [1.165, 1.54) is 29.8 Å². The van der Waals surface area contributed by atoms with Gasteiger partial charge in [0.15, 0.2) is 0 Å². The number of hydrogen-bond donors (Lipinski definition) is 2. The van der Waals surface area contributed by atoms with Crippen molar-refractivity contribution in [1.82, 2.24) is 9.55 Å². The molecule has 0 bridgehead atoms. The van der Waals surface area contributed by atoms with Gasteiger partial charge in [-0.15, -0.1) is 12.4 Å². The Morgan fingerprint density at radius 1 is 1.21 bits per heavy atom. The number of phosphoric ester groups is 1. The zero-order chi connectivity index (χ0) is 35.2. The summed E-state index contributed by atoms with van der Waals surface area (Å²) in [5, 5.41) is 3.75. The normalized spacial score (nSPS) is 20.5. The number of azide groups is 1. The molecule has 0 spiro atoms. The Morgan fingerprint density at radius 3 is 2.44 bits per heavy atom. The number of phosphoric acid groups is 1. The zero-order valence-electron chi connectivity index (χ0n) is 27.9. The van der Waals surface area contributed by atoms with Crippen LogP contribution in [0.15, 0.2) is 45.2 Å². The number of ether oxygens (including phenoxy) is 2. The van der Waals surface area contributed by atoms with Crippen LogP contribution in [-0.4, -0.2) is 67.2 Å². The van der Waals surface area contributed by atoms with Crippen LogP contribution in [0.3, 0.4) is 0 Å². The second-order valence-corrected chi connectivity index (χ2v) is 16.9. The van der Waals surface area contributed by atoms with Crippen LogP contribution < -0.4 is 21.5 Å². The molecule has 1 aliphatic heterocycles. The average Bonchev–Trinajstić information content (AvgIpc) is 3.36. The fourth-order valence-electron chi connectivity index (χ4n) is 4.34. The molecule has 0 amide bonds. The smallest absolute Gasteiger partial charge is 0.459 e. The van der Waals surface area contributed by atoms with Crippen molar-refractivity contribution in [2.45, 2.75) is 96.1 Å². The maximum atomic E-state index is 13.9. The topological polar surface area (TPSA) is 227 Å². The third-order valence-electron chi connectivity index (χ3n) is 6.76. The maximum absolute atomic E-state index is 13.9. The van der Waals surface area contributed by atoms with E-state index in [-0.39, 0.29) is 48.9 Å². The fraction of sp³-hybridized carbons (Fsp3) is 0.621. The summed E-state index contributed by atoms with van der Waals surface area (Å²) >= 11 is 0. The predicted molar refractivity (Wildman–Crippen MR) is 182 cm³/mol. The Kier molecular flexibility index (Phi) is 14.6. The number of aromatic nitrogens is 2. The summed E-state index contributed by atoms with van der Waals surface area (Å²) in [6.07, 6.45) is -0.323. The number of carbonyl (C=O) groups excluding carboxylic acids is 1. The average molecular weight is 735 g/mol. The van der Waals surface area contributed by atoms with Gasteiger partial charge in [0.2, 0.25) is 0 Å². The minimum absolute atomic E-state index is 0. The number of nitrogens with two attached hydrogens (primary N) is 1. The van der Waals surface area contributed by atoms with Crippen LogP contribution in [0.2, 0.25) is 0 Å². The molecule has 48 heavy (non-hydrogen) atoms. The second-order valence-electron chi connectivity index (χ2n) is 12.9. The molecule has 16 nitrogen and oxygen atoms in total. The maximum Gasteiger partial charge on any atom is 0.530 e. The highest BCUT2D eigenvalue weighted by Gasteiger charge is 2.40. The van der Waals surface area contributed by atoms with Crippen LogP contribution in [0.5, 0.6) is 5.75 Å². The molecule has 2 aromatic rings. The number of aromatic amines is 1. The number of halogens is 1. The Labute approximate surface area is 287 Å². The summed E-state index contributed by atoms with van der Waals surface area (Å²) in [6.45, 7) is 11.5. The molecule has 1 aromatic carbocycles. The minimum Gasteiger partial charge on any atom is -0.459 e. The lowest BCUT2D eigenvalue weighted by Crippen LogP contribution is -2.38. The van der Waals surface area contributed by atoms with E-state index in [0.29, 0.717) is 5.56 Å². The summed E-state index contributed by atoms with van der Waals surface area (Å²) in [5.41, 5.74) is 14.2. The molecule has 3 N–H and O–H groups in total. The quantitative estimate of drug-likeness (QED) is 0.0918. The highest BCUT2D eigenvalue weighted by Crippen LogP contribution is 2.50. The van der Waals surface area contributed by atoms with Gasteiger partial charge in [0.05, 0.1) is 25.4 Å². The molecular weight excluding hydrogens is 691 g/mol. The van der Waals surface area contributed by atoms with Crippen LogP contribution in [0.25, 0.3) is 10.4 Å². The van der Waals surface area contributed by atoms with Gasteiger partial charge < -0.3 is 19.7 Å². The van der Waals surface area contributed by atoms with Crippen LogP contribution in [-0.2, 0) is 45.1 Å². The molecule has 2 unspecified atom stereocenters. The van der Waals surface area contributed by atoms with Crippen molar-refractivity contribution in [3.8, 4) is 5.75 Å². The molecule has 2 heterocycles. The molecule has 1 fully saturated rings. The molecule has 1 aliphatic rings. The molecular formula is C29H44ClN6O10PS. The van der Waals surface area contributed by atoms with E-state index in [1.807, 2.05) is 0 Å². The van der Waals surface area contributed by atoms with Crippen molar-refractivity contribution in [2.75, 3.05) is 19.0 Å². The number of aryl methyl sites for hydroxylation is 1. The highest BCUT2D eigenvalue weighted by molar-refractivity contribution is 7.86. The van der Waals surface area contributed by atoms with Crippen molar-refractivity contribution < 1.29 is 36.6 Å². The Morgan fingerprint density at radius 2 is 1.85 bits per heavy atom. The minimum atomic E-state index is -4.41. The number of hydrogen-bond acceptors (Lipinski definition) is 12. The van der Waals surface area contributed by atoms with E-state index in [2.05, 4.69) is 15.0 Å². The third kappa shape index (κ3) is 12.1. The van der Waals surface area contributed by atoms with Crippen molar-refractivity contribution >= 4 is 37.0 Å². The lowest BCUT2D eigenvalue weighted by molar-refractivity contribution is -0.156. The molecule has 268 valence electrons. The van der Waals surface area contributed by atoms with Gasteiger partial charge in [0.1, 0.15) is 23.6 Å². The van der Waals surface area contributed by atoms with Crippen molar-refractivity contribution in [1.29, 1.82) is 0 Å². The van der Waals surface area contributed by atoms with E-state index in [0.717, 1.165) is 0 Å². The van der Waals surface area contributed by atoms with Gasteiger partial charge in [-0.05, 0) is 78.1 Å². The van der Waals surface area contributed by atoms with Gasteiger partial charge in [-0.2, -0.15) is 0 Å². The summed E-state index contributed by atoms with van der Waals surface area (Å²) in [5.74, 6) is -0.404. The number of carbonyl (C=O) groups is 1. The van der Waals surface area contributed by atoms with E-state index in [1.54, 1.807) is 53.7 Å². The summed E-state index contributed by atoms with van der Waals surface area (Å²) in [4.78, 5) is 41.6. The standard InChI is InChI=1S/C29H43N6O10PS.ClH/c1-18-16-35(27(38)32-25(18)36)24-15-22(33-34-31)23(43-24)17-42-46(39,41-12-13-47(40)29(5,6)7)45-20-10-8-19(9-11-20)14-21(30)26(37)44-28(2,3)4;/h8-11,16,21-24H,12-15,17,30H2,1-7H3,(H,32,36,38);1H/t21-,22+,23-,24-,46?,47?;/m1./s1. The first-order chi connectivity index (χ1) is 21.8. The predicted octanol–water partition coefficient (Wildman–Crippen LogP) is 4.21. The summed E-state index contributed by atoms with van der Waals surface area (Å²) in [7, 11) is -5.74. The SMILES string of the molecule is Cc1cn([C@H]2C[C@H](N=[N+]=[N-])[C@@H](COP(=O)(OCCS(=O)C(C)(C)C)Oc3ccc(C[C@@H](N)C(=O)OC(C)(C)C)cc3)O2)c(=O)[nH]c1=O.Cl.